The Kier molecular flexibility index (Phi) is 6.63. The van der Waals surface area contributed by atoms with Gasteiger partial charge in [-0.1, -0.05) is 0 Å². The first kappa shape index (κ1) is 20.8. The van der Waals surface area contributed by atoms with Gasteiger partial charge < -0.3 is 26.4 Å². The fourth-order valence-corrected chi connectivity index (χ4v) is 2.97. The molecule has 1 aromatic carbocycles. The van der Waals surface area contributed by atoms with Gasteiger partial charge in [0.25, 0.3) is 5.91 Å². The predicted molar refractivity (Wildman–Crippen MR) is 115 cm³/mol. The molecular formula is C21H24N6O3. The number of aromatic nitrogens is 2. The van der Waals surface area contributed by atoms with E-state index in [9.17, 15) is 4.79 Å². The molecule has 0 saturated carbocycles. The minimum atomic E-state index is -0.245. The number of amidine groups is 1. The lowest BCUT2D eigenvalue weighted by Crippen LogP contribution is -2.28. The number of nitrogens with zero attached hydrogens (tertiary/aromatic N) is 3. The topological polar surface area (TPSA) is 138 Å². The van der Waals surface area contributed by atoms with Crippen molar-refractivity contribution in [3.8, 4) is 22.9 Å². The molecule has 0 radical (unpaired) electrons. The fraction of sp³-hybridized carbons (Fsp3) is 0.238. The standard InChI is InChI=1S/C21H24N6O3/c1-3-30-18-12-17(15-5-4-9-25-21(15)29-2)26-16-11-13(6-7-14(16)18)20(28)24-10-8-19(22)27-23/h4-7,9,11-12H,3,8,10,23H2,1-2H3,(H2,22,27)(H,24,28). The summed E-state index contributed by atoms with van der Waals surface area (Å²) in [7, 11) is 1.56. The molecule has 0 aliphatic carbocycles. The third-order valence-corrected chi connectivity index (χ3v) is 4.41. The molecule has 0 aliphatic rings. The molecule has 9 nitrogen and oxygen atoms in total. The van der Waals surface area contributed by atoms with Crippen LogP contribution in [0, 0.1) is 0 Å². The maximum absolute atomic E-state index is 12.5. The highest BCUT2D eigenvalue weighted by molar-refractivity contribution is 5.99. The smallest absolute Gasteiger partial charge is 0.251 e. The summed E-state index contributed by atoms with van der Waals surface area (Å²) in [4.78, 5) is 21.5. The molecule has 1 amide bonds. The van der Waals surface area contributed by atoms with Crippen LogP contribution in [0.5, 0.6) is 11.6 Å². The minimum absolute atomic E-state index is 0.245. The molecule has 3 rings (SSSR count). The van der Waals surface area contributed by atoms with Crippen LogP contribution < -0.4 is 26.4 Å². The quantitative estimate of drug-likeness (QED) is 0.224. The summed E-state index contributed by atoms with van der Waals surface area (Å²) in [5.41, 5.74) is 8.01. The summed E-state index contributed by atoms with van der Waals surface area (Å²) in [6, 6.07) is 10.8. The number of hydrazone groups is 1. The number of fused-ring (bicyclic) bond motifs is 1. The number of nitrogens with one attached hydrogen (secondary N) is 1. The number of benzene rings is 1. The van der Waals surface area contributed by atoms with E-state index in [-0.39, 0.29) is 11.7 Å². The Morgan fingerprint density at radius 2 is 2.10 bits per heavy atom. The molecule has 2 aromatic heterocycles. The first-order valence-corrected chi connectivity index (χ1v) is 9.44. The zero-order valence-corrected chi connectivity index (χ0v) is 16.9. The lowest BCUT2D eigenvalue weighted by atomic mass is 10.1. The summed E-state index contributed by atoms with van der Waals surface area (Å²) < 4.78 is 11.2. The molecule has 0 saturated heterocycles. The number of nitrogens with two attached hydrogens (primary N) is 2. The van der Waals surface area contributed by atoms with Crippen molar-refractivity contribution in [1.82, 2.24) is 15.3 Å². The Morgan fingerprint density at radius 1 is 1.27 bits per heavy atom. The van der Waals surface area contributed by atoms with Gasteiger partial charge in [0.05, 0.1) is 30.5 Å². The van der Waals surface area contributed by atoms with Gasteiger partial charge in [-0.2, -0.15) is 5.10 Å². The number of amides is 1. The van der Waals surface area contributed by atoms with E-state index >= 15 is 0 Å². The third-order valence-electron chi connectivity index (χ3n) is 4.41. The lowest BCUT2D eigenvalue weighted by Gasteiger charge is -2.13. The van der Waals surface area contributed by atoms with Crippen molar-refractivity contribution in [2.45, 2.75) is 13.3 Å². The number of carbonyl (C=O) groups is 1. The molecule has 5 N–H and O–H groups in total. The third kappa shape index (κ3) is 4.57. The van der Waals surface area contributed by atoms with Crippen LogP contribution in [0.3, 0.4) is 0 Å². The van der Waals surface area contributed by atoms with E-state index < -0.39 is 0 Å². The average Bonchev–Trinajstić information content (AvgIpc) is 2.78. The zero-order valence-electron chi connectivity index (χ0n) is 16.9. The van der Waals surface area contributed by atoms with E-state index in [1.165, 1.54) is 0 Å². The number of pyridine rings is 2. The van der Waals surface area contributed by atoms with E-state index in [0.29, 0.717) is 48.0 Å². The zero-order chi connectivity index (χ0) is 21.5. The number of hydrogen-bond donors (Lipinski definition) is 3. The van der Waals surface area contributed by atoms with Gasteiger partial charge in [-0.3, -0.25) is 4.79 Å². The minimum Gasteiger partial charge on any atom is -0.493 e. The van der Waals surface area contributed by atoms with E-state index in [2.05, 4.69) is 15.4 Å². The van der Waals surface area contributed by atoms with Crippen LogP contribution in [0.25, 0.3) is 22.2 Å². The Labute approximate surface area is 174 Å². The van der Waals surface area contributed by atoms with Gasteiger partial charge in [0.15, 0.2) is 0 Å². The van der Waals surface area contributed by atoms with Gasteiger partial charge in [0, 0.05) is 36.2 Å². The molecular weight excluding hydrogens is 384 g/mol. The predicted octanol–water partition coefficient (Wildman–Crippen LogP) is 2.05. The molecule has 156 valence electrons. The summed E-state index contributed by atoms with van der Waals surface area (Å²) >= 11 is 0. The van der Waals surface area contributed by atoms with Crippen molar-refractivity contribution in [3.63, 3.8) is 0 Å². The molecule has 0 atom stereocenters. The largest absolute Gasteiger partial charge is 0.493 e. The Balaban J connectivity index is 1.99. The van der Waals surface area contributed by atoms with Crippen molar-refractivity contribution < 1.29 is 14.3 Å². The highest BCUT2D eigenvalue weighted by atomic mass is 16.5. The van der Waals surface area contributed by atoms with Crippen molar-refractivity contribution in [3.05, 3.63) is 48.2 Å². The van der Waals surface area contributed by atoms with Crippen LogP contribution in [-0.2, 0) is 0 Å². The van der Waals surface area contributed by atoms with E-state index in [1.807, 2.05) is 31.2 Å². The molecule has 2 heterocycles. The van der Waals surface area contributed by atoms with Crippen LogP contribution in [0.15, 0.2) is 47.7 Å². The molecule has 0 bridgehead atoms. The molecule has 3 aromatic rings. The van der Waals surface area contributed by atoms with E-state index in [0.717, 1.165) is 10.9 Å². The van der Waals surface area contributed by atoms with Gasteiger partial charge >= 0.3 is 0 Å². The van der Waals surface area contributed by atoms with Crippen LogP contribution >= 0.6 is 0 Å². The van der Waals surface area contributed by atoms with Gasteiger partial charge in [0.1, 0.15) is 11.6 Å². The van der Waals surface area contributed by atoms with E-state index in [1.54, 1.807) is 25.4 Å². The van der Waals surface area contributed by atoms with E-state index in [4.69, 9.17) is 26.0 Å². The molecule has 0 spiro atoms. The molecule has 0 fully saturated rings. The highest BCUT2D eigenvalue weighted by Crippen LogP contribution is 2.33. The maximum atomic E-state index is 12.5. The van der Waals surface area contributed by atoms with Crippen molar-refractivity contribution in [1.29, 1.82) is 0 Å². The first-order chi connectivity index (χ1) is 14.6. The van der Waals surface area contributed by atoms with Gasteiger partial charge in [-0.15, -0.1) is 0 Å². The normalized spacial score (nSPS) is 11.3. The van der Waals surface area contributed by atoms with Crippen molar-refractivity contribution >= 4 is 22.6 Å². The second kappa shape index (κ2) is 9.55. The summed E-state index contributed by atoms with van der Waals surface area (Å²) in [6.45, 7) is 2.73. The Bertz CT molecular complexity index is 1080. The molecule has 9 heteroatoms. The maximum Gasteiger partial charge on any atom is 0.251 e. The van der Waals surface area contributed by atoms with Crippen molar-refractivity contribution in [2.75, 3.05) is 20.3 Å². The van der Waals surface area contributed by atoms with Crippen LogP contribution in [0.4, 0.5) is 0 Å². The van der Waals surface area contributed by atoms with Gasteiger partial charge in [-0.25, -0.2) is 9.97 Å². The second-order valence-corrected chi connectivity index (χ2v) is 6.36. The fourth-order valence-electron chi connectivity index (χ4n) is 2.97. The summed E-state index contributed by atoms with van der Waals surface area (Å²) in [6.07, 6.45) is 2.02. The number of carbonyl (C=O) groups excluding carboxylic acids is 1. The van der Waals surface area contributed by atoms with Crippen LogP contribution in [-0.4, -0.2) is 42.0 Å². The Morgan fingerprint density at radius 3 is 2.83 bits per heavy atom. The molecule has 0 aliphatic heterocycles. The number of ether oxygens (including phenoxy) is 2. The summed E-state index contributed by atoms with van der Waals surface area (Å²) in [5.74, 6) is 6.25. The second-order valence-electron chi connectivity index (χ2n) is 6.36. The lowest BCUT2D eigenvalue weighted by molar-refractivity contribution is 0.0955. The van der Waals surface area contributed by atoms with Crippen LogP contribution in [0.1, 0.15) is 23.7 Å². The number of methoxy groups -OCH3 is 1. The number of rotatable bonds is 8. The van der Waals surface area contributed by atoms with Gasteiger partial charge in [0.2, 0.25) is 5.88 Å². The summed E-state index contributed by atoms with van der Waals surface area (Å²) in [5, 5.41) is 6.98. The number of hydrogen-bond acceptors (Lipinski definition) is 7. The first-order valence-electron chi connectivity index (χ1n) is 9.44. The van der Waals surface area contributed by atoms with Crippen LogP contribution in [0.2, 0.25) is 0 Å². The molecule has 30 heavy (non-hydrogen) atoms. The van der Waals surface area contributed by atoms with Crippen molar-refractivity contribution in [2.24, 2.45) is 16.7 Å². The highest BCUT2D eigenvalue weighted by Gasteiger charge is 2.15. The monoisotopic (exact) mass is 408 g/mol. The average molecular weight is 408 g/mol. The SMILES string of the molecule is CCOc1cc(-c2cccnc2OC)nc2cc(C(=O)NCC/C(N)=N/N)ccc12. The van der Waals surface area contributed by atoms with Gasteiger partial charge in [-0.05, 0) is 37.3 Å². The molecule has 0 unspecified atom stereocenters. The Hall–Kier alpha value is -3.88.